The maximum Gasteiger partial charge on any atom is 0.333 e. The van der Waals surface area contributed by atoms with Crippen molar-refractivity contribution in [3.8, 4) is 11.5 Å². The van der Waals surface area contributed by atoms with Gasteiger partial charge in [-0.25, -0.2) is 4.79 Å². The van der Waals surface area contributed by atoms with Gasteiger partial charge >= 0.3 is 5.97 Å². The lowest BCUT2D eigenvalue weighted by Gasteiger charge is -2.10. The Morgan fingerprint density at radius 1 is 1.14 bits per heavy atom. The minimum atomic E-state index is -0.575. The Labute approximate surface area is 172 Å². The molecule has 0 radical (unpaired) electrons. The first-order chi connectivity index (χ1) is 13.8. The van der Waals surface area contributed by atoms with Gasteiger partial charge in [0.15, 0.2) is 0 Å². The highest BCUT2D eigenvalue weighted by molar-refractivity contribution is 7.07. The first-order valence-electron chi connectivity index (χ1n) is 8.82. The molecule has 1 amide bonds. The van der Waals surface area contributed by atoms with Crippen molar-refractivity contribution in [3.05, 3.63) is 43.3 Å². The van der Waals surface area contributed by atoms with E-state index in [9.17, 15) is 14.4 Å². The fraction of sp³-hybridized carbons (Fsp3) is 0.350. The third-order valence-electron chi connectivity index (χ3n) is 3.93. The maximum absolute atomic E-state index is 12.9. The van der Waals surface area contributed by atoms with Gasteiger partial charge in [0.25, 0.3) is 5.56 Å². The summed E-state index contributed by atoms with van der Waals surface area (Å²) in [5, 5.41) is 0. The number of carbonyl (C=O) groups is 2. The van der Waals surface area contributed by atoms with E-state index in [0.29, 0.717) is 26.3 Å². The second-order valence-corrected chi connectivity index (χ2v) is 7.23. The molecule has 156 valence electrons. The standard InChI is InChI=1S/C20H24N2O6S/c1-6-28-19(24)11-18-22(12-17(23)21(2)3)20(25)16(29-18)9-13-7-14(26-4)10-15(8-13)27-5/h7-11H,6,12H2,1-5H3/b16-9-,18-11+. The Balaban J connectivity index is 2.66. The van der Waals surface area contributed by atoms with Crippen LogP contribution in [0.2, 0.25) is 0 Å². The van der Waals surface area contributed by atoms with Gasteiger partial charge in [-0.05, 0) is 30.7 Å². The molecule has 29 heavy (non-hydrogen) atoms. The van der Waals surface area contributed by atoms with Crippen LogP contribution in [0.15, 0.2) is 23.0 Å². The SMILES string of the molecule is CCOC(=O)/C=c1/s/c(=C\c2cc(OC)cc(OC)c2)c(=O)n1CC(=O)N(C)C. The number of amides is 1. The lowest BCUT2D eigenvalue weighted by atomic mass is 10.2. The van der Waals surface area contributed by atoms with Gasteiger partial charge in [0.05, 0.1) is 31.4 Å². The fourth-order valence-electron chi connectivity index (χ4n) is 2.42. The van der Waals surface area contributed by atoms with Crippen LogP contribution in [0.3, 0.4) is 0 Å². The number of rotatable bonds is 7. The van der Waals surface area contributed by atoms with Crippen LogP contribution < -0.4 is 24.2 Å². The summed E-state index contributed by atoms with van der Waals surface area (Å²) in [7, 11) is 6.28. The first kappa shape index (κ1) is 22.2. The van der Waals surface area contributed by atoms with Crippen molar-refractivity contribution < 1.29 is 23.8 Å². The third kappa shape index (κ3) is 5.71. The molecule has 0 saturated carbocycles. The second kappa shape index (κ2) is 9.92. The Morgan fingerprint density at radius 3 is 2.28 bits per heavy atom. The van der Waals surface area contributed by atoms with Crippen LogP contribution in [0.25, 0.3) is 12.2 Å². The van der Waals surface area contributed by atoms with E-state index in [-0.39, 0.29) is 24.6 Å². The van der Waals surface area contributed by atoms with Gasteiger partial charge in [-0.15, -0.1) is 11.3 Å². The van der Waals surface area contributed by atoms with Crippen LogP contribution in [-0.2, 0) is 20.9 Å². The number of carbonyl (C=O) groups excluding carboxylic acids is 2. The number of esters is 1. The summed E-state index contributed by atoms with van der Waals surface area (Å²) in [6.07, 6.45) is 2.89. The van der Waals surface area contributed by atoms with Gasteiger partial charge in [-0.3, -0.25) is 14.2 Å². The second-order valence-electron chi connectivity index (χ2n) is 6.17. The van der Waals surface area contributed by atoms with Gasteiger partial charge in [0, 0.05) is 20.2 Å². The molecule has 0 saturated heterocycles. The molecule has 8 nitrogen and oxygen atoms in total. The largest absolute Gasteiger partial charge is 0.497 e. The molecular weight excluding hydrogens is 396 g/mol. The summed E-state index contributed by atoms with van der Waals surface area (Å²) in [6, 6.07) is 5.23. The Hall–Kier alpha value is -3.07. The van der Waals surface area contributed by atoms with Gasteiger partial charge < -0.3 is 19.1 Å². The Bertz CT molecular complexity index is 1050. The third-order valence-corrected chi connectivity index (χ3v) is 4.99. The van der Waals surface area contributed by atoms with Crippen LogP contribution in [0.1, 0.15) is 12.5 Å². The number of aromatic nitrogens is 1. The summed E-state index contributed by atoms with van der Waals surface area (Å²) >= 11 is 1.10. The Kier molecular flexibility index (Phi) is 7.60. The number of hydrogen-bond acceptors (Lipinski definition) is 7. The van der Waals surface area contributed by atoms with Crippen LogP contribution >= 0.6 is 11.3 Å². The van der Waals surface area contributed by atoms with E-state index in [4.69, 9.17) is 14.2 Å². The number of benzene rings is 1. The molecule has 2 aromatic rings. The van der Waals surface area contributed by atoms with E-state index in [0.717, 1.165) is 11.3 Å². The van der Waals surface area contributed by atoms with E-state index in [2.05, 4.69) is 0 Å². The molecule has 1 aromatic heterocycles. The van der Waals surface area contributed by atoms with E-state index in [1.165, 1.54) is 29.8 Å². The van der Waals surface area contributed by atoms with Crippen LogP contribution in [0.5, 0.6) is 11.5 Å². The van der Waals surface area contributed by atoms with Crippen molar-refractivity contribution in [1.29, 1.82) is 0 Å². The number of likely N-dealkylation sites (N-methyl/N-ethyl adjacent to an activating group) is 1. The van der Waals surface area contributed by atoms with E-state index >= 15 is 0 Å². The first-order valence-corrected chi connectivity index (χ1v) is 9.63. The molecule has 2 rings (SSSR count). The molecule has 0 atom stereocenters. The van der Waals surface area contributed by atoms with E-state index in [1.807, 2.05) is 0 Å². The van der Waals surface area contributed by atoms with Gasteiger partial charge in [0.1, 0.15) is 22.7 Å². The minimum Gasteiger partial charge on any atom is -0.497 e. The van der Waals surface area contributed by atoms with Crippen LogP contribution in [0.4, 0.5) is 0 Å². The van der Waals surface area contributed by atoms with E-state index < -0.39 is 5.97 Å². The fourth-order valence-corrected chi connectivity index (χ4v) is 3.45. The zero-order valence-corrected chi connectivity index (χ0v) is 17.9. The zero-order valence-electron chi connectivity index (χ0n) is 17.1. The monoisotopic (exact) mass is 420 g/mol. The average molecular weight is 420 g/mol. The topological polar surface area (TPSA) is 87.1 Å². The Morgan fingerprint density at radius 2 is 1.76 bits per heavy atom. The van der Waals surface area contributed by atoms with Crippen molar-refractivity contribution in [1.82, 2.24) is 9.47 Å². The molecule has 0 N–H and O–H groups in total. The van der Waals surface area contributed by atoms with Crippen molar-refractivity contribution in [2.24, 2.45) is 0 Å². The normalized spacial score (nSPS) is 12.0. The highest BCUT2D eigenvalue weighted by Gasteiger charge is 2.12. The molecule has 0 fully saturated rings. The smallest absolute Gasteiger partial charge is 0.333 e. The lowest BCUT2D eigenvalue weighted by molar-refractivity contribution is -0.135. The maximum atomic E-state index is 12.9. The minimum absolute atomic E-state index is 0.178. The predicted molar refractivity (Wildman–Crippen MR) is 111 cm³/mol. The summed E-state index contributed by atoms with van der Waals surface area (Å²) in [6.45, 7) is 1.73. The van der Waals surface area contributed by atoms with Crippen molar-refractivity contribution in [3.63, 3.8) is 0 Å². The average Bonchev–Trinajstić information content (AvgIpc) is 2.96. The molecule has 9 heteroatoms. The quantitative estimate of drug-likeness (QED) is 0.595. The number of hydrogen-bond donors (Lipinski definition) is 0. The summed E-state index contributed by atoms with van der Waals surface area (Å²) < 4.78 is 17.4. The zero-order chi connectivity index (χ0) is 21.6. The predicted octanol–water partition coefficient (Wildman–Crippen LogP) is 0.188. The summed E-state index contributed by atoms with van der Waals surface area (Å²) in [5.74, 6) is 0.314. The van der Waals surface area contributed by atoms with Crippen LogP contribution in [-0.4, -0.2) is 56.3 Å². The molecule has 0 aliphatic carbocycles. The molecule has 0 aliphatic rings. The summed E-state index contributed by atoms with van der Waals surface area (Å²) in [4.78, 5) is 38.4. The van der Waals surface area contributed by atoms with Gasteiger partial charge in [0.2, 0.25) is 5.91 Å². The number of nitrogens with zero attached hydrogens (tertiary/aromatic N) is 2. The number of ether oxygens (including phenoxy) is 3. The highest BCUT2D eigenvalue weighted by Crippen LogP contribution is 2.22. The molecule has 1 heterocycles. The molecule has 0 spiro atoms. The molecule has 0 unspecified atom stereocenters. The van der Waals surface area contributed by atoms with Gasteiger partial charge in [-0.2, -0.15) is 0 Å². The van der Waals surface area contributed by atoms with Crippen LogP contribution in [0, 0.1) is 0 Å². The van der Waals surface area contributed by atoms with Crippen molar-refractivity contribution in [2.45, 2.75) is 13.5 Å². The van der Waals surface area contributed by atoms with Gasteiger partial charge in [-0.1, -0.05) is 0 Å². The van der Waals surface area contributed by atoms with E-state index in [1.54, 1.807) is 45.3 Å². The lowest BCUT2D eigenvalue weighted by Crippen LogP contribution is -2.38. The molecule has 1 aromatic carbocycles. The number of thiazole rings is 1. The molecule has 0 bridgehead atoms. The van der Waals surface area contributed by atoms with Crippen molar-refractivity contribution in [2.75, 3.05) is 34.9 Å². The summed E-state index contributed by atoms with van der Waals surface area (Å²) in [5.41, 5.74) is 0.316. The highest BCUT2D eigenvalue weighted by atomic mass is 32.1. The molecular formula is C20H24N2O6S. The molecule has 0 aliphatic heterocycles. The number of methoxy groups -OCH3 is 2. The van der Waals surface area contributed by atoms with Crippen molar-refractivity contribution >= 4 is 35.4 Å².